The monoisotopic (exact) mass is 276 g/mol. The van der Waals surface area contributed by atoms with Gasteiger partial charge in [0.2, 0.25) is 5.91 Å². The van der Waals surface area contributed by atoms with Gasteiger partial charge in [-0.15, -0.1) is 0 Å². The highest BCUT2D eigenvalue weighted by Crippen LogP contribution is 2.30. The number of fused-ring (bicyclic) bond motifs is 1. The van der Waals surface area contributed by atoms with Crippen LogP contribution in [0.3, 0.4) is 0 Å². The van der Waals surface area contributed by atoms with Crippen LogP contribution in [0, 0.1) is 5.92 Å². The minimum Gasteiger partial charge on any atom is -0.384 e. The molecule has 1 amide bonds. The van der Waals surface area contributed by atoms with E-state index in [9.17, 15) is 4.79 Å². The van der Waals surface area contributed by atoms with Gasteiger partial charge in [-0.3, -0.25) is 4.79 Å². The number of para-hydroxylation sites is 1. The molecule has 1 aliphatic rings. The molecule has 0 saturated heterocycles. The van der Waals surface area contributed by atoms with E-state index in [0.29, 0.717) is 25.6 Å². The lowest BCUT2D eigenvalue weighted by Gasteiger charge is -2.11. The zero-order chi connectivity index (χ0) is 14.4. The fourth-order valence-electron chi connectivity index (χ4n) is 2.35. The molecule has 1 unspecified atom stereocenters. The molecule has 110 valence electrons. The first kappa shape index (κ1) is 14.9. The largest absolute Gasteiger partial charge is 0.384 e. The topological polar surface area (TPSA) is 50.4 Å². The van der Waals surface area contributed by atoms with E-state index in [1.165, 1.54) is 0 Å². The second-order valence-electron chi connectivity index (χ2n) is 5.63. The van der Waals surface area contributed by atoms with E-state index in [4.69, 9.17) is 4.74 Å². The highest BCUT2D eigenvalue weighted by molar-refractivity contribution is 5.88. The Kier molecular flexibility index (Phi) is 5.41. The fraction of sp³-hybridized carbons (Fsp3) is 0.562. The van der Waals surface area contributed by atoms with Crippen LogP contribution in [0.2, 0.25) is 0 Å². The molecule has 0 spiro atoms. The van der Waals surface area contributed by atoms with Crippen molar-refractivity contribution in [3.05, 3.63) is 29.8 Å². The Labute approximate surface area is 120 Å². The Morgan fingerprint density at radius 2 is 2.25 bits per heavy atom. The van der Waals surface area contributed by atoms with Crippen molar-refractivity contribution in [1.29, 1.82) is 0 Å². The number of ether oxygens (including phenoxy) is 1. The molecular weight excluding hydrogens is 252 g/mol. The van der Waals surface area contributed by atoms with Gasteiger partial charge in [-0.1, -0.05) is 32.0 Å². The maximum absolute atomic E-state index is 12.2. The van der Waals surface area contributed by atoms with Crippen molar-refractivity contribution < 1.29 is 9.53 Å². The summed E-state index contributed by atoms with van der Waals surface area (Å²) in [7, 11) is 0. The Morgan fingerprint density at radius 1 is 1.45 bits per heavy atom. The smallest absolute Gasteiger partial charge is 0.229 e. The summed E-state index contributed by atoms with van der Waals surface area (Å²) >= 11 is 0. The third-order valence-electron chi connectivity index (χ3n) is 3.37. The summed E-state index contributed by atoms with van der Waals surface area (Å²) in [5.74, 6) is 0.597. The number of carbonyl (C=O) groups excluding carboxylic acids is 1. The van der Waals surface area contributed by atoms with Crippen molar-refractivity contribution in [2.75, 3.05) is 31.6 Å². The Morgan fingerprint density at radius 3 is 3.05 bits per heavy atom. The van der Waals surface area contributed by atoms with Crippen LogP contribution in [-0.2, 0) is 9.53 Å². The van der Waals surface area contributed by atoms with E-state index in [2.05, 4.69) is 24.5 Å². The third kappa shape index (κ3) is 3.97. The van der Waals surface area contributed by atoms with Crippen molar-refractivity contribution in [1.82, 2.24) is 5.32 Å². The predicted octanol–water partition coefficient (Wildman–Crippen LogP) is 2.37. The quantitative estimate of drug-likeness (QED) is 0.752. The van der Waals surface area contributed by atoms with Gasteiger partial charge in [-0.25, -0.2) is 0 Å². The average molecular weight is 276 g/mol. The first-order valence-corrected chi connectivity index (χ1v) is 7.36. The van der Waals surface area contributed by atoms with Crippen LogP contribution in [0.4, 0.5) is 5.69 Å². The van der Waals surface area contributed by atoms with Crippen molar-refractivity contribution in [3.8, 4) is 0 Å². The van der Waals surface area contributed by atoms with E-state index >= 15 is 0 Å². The van der Waals surface area contributed by atoms with Crippen molar-refractivity contribution in [2.24, 2.45) is 5.92 Å². The molecule has 0 aromatic heterocycles. The second-order valence-corrected chi connectivity index (χ2v) is 5.63. The first-order chi connectivity index (χ1) is 9.68. The Bertz CT molecular complexity index is 446. The molecule has 2 N–H and O–H groups in total. The maximum Gasteiger partial charge on any atom is 0.229 e. The summed E-state index contributed by atoms with van der Waals surface area (Å²) in [4.78, 5) is 12.2. The SMILES string of the molecule is CC(C)COCCCNC(=O)C1CNc2ccccc21. The molecule has 1 aliphatic heterocycles. The van der Waals surface area contributed by atoms with Gasteiger partial charge in [-0.2, -0.15) is 0 Å². The molecule has 1 heterocycles. The van der Waals surface area contributed by atoms with Crippen LogP contribution in [0.15, 0.2) is 24.3 Å². The van der Waals surface area contributed by atoms with Crippen LogP contribution >= 0.6 is 0 Å². The molecule has 1 atom stereocenters. The number of hydrogen-bond acceptors (Lipinski definition) is 3. The Balaban J connectivity index is 1.69. The highest BCUT2D eigenvalue weighted by Gasteiger charge is 2.27. The molecule has 20 heavy (non-hydrogen) atoms. The molecule has 1 aromatic rings. The van der Waals surface area contributed by atoms with Gasteiger partial charge in [-0.05, 0) is 24.0 Å². The molecule has 0 radical (unpaired) electrons. The van der Waals surface area contributed by atoms with Gasteiger partial charge in [0.05, 0.1) is 5.92 Å². The summed E-state index contributed by atoms with van der Waals surface area (Å²) < 4.78 is 5.49. The first-order valence-electron chi connectivity index (χ1n) is 7.36. The summed E-state index contributed by atoms with van der Waals surface area (Å²) in [6.07, 6.45) is 0.861. The maximum atomic E-state index is 12.2. The normalized spacial score (nSPS) is 16.9. The summed E-state index contributed by atoms with van der Waals surface area (Å²) in [6.45, 7) is 7.12. The molecule has 4 nitrogen and oxygen atoms in total. The molecular formula is C16H24N2O2. The van der Waals surface area contributed by atoms with E-state index in [1.54, 1.807) is 0 Å². The number of amides is 1. The number of nitrogens with one attached hydrogen (secondary N) is 2. The van der Waals surface area contributed by atoms with Gasteiger partial charge < -0.3 is 15.4 Å². The van der Waals surface area contributed by atoms with Crippen LogP contribution in [0.1, 0.15) is 31.7 Å². The van der Waals surface area contributed by atoms with Gasteiger partial charge in [0, 0.05) is 32.0 Å². The van der Waals surface area contributed by atoms with E-state index < -0.39 is 0 Å². The number of benzene rings is 1. The van der Waals surface area contributed by atoms with Gasteiger partial charge in [0.15, 0.2) is 0 Å². The third-order valence-corrected chi connectivity index (χ3v) is 3.37. The lowest BCUT2D eigenvalue weighted by atomic mass is 10.0. The zero-order valence-electron chi connectivity index (χ0n) is 12.3. The zero-order valence-corrected chi connectivity index (χ0v) is 12.3. The molecule has 0 saturated carbocycles. The summed E-state index contributed by atoms with van der Waals surface area (Å²) in [5, 5.41) is 6.26. The standard InChI is InChI=1S/C16H24N2O2/c1-12(2)11-20-9-5-8-17-16(19)14-10-18-15-7-4-3-6-13(14)15/h3-4,6-7,12,14,18H,5,8-11H2,1-2H3,(H,17,19). The van der Waals surface area contributed by atoms with Crippen LogP contribution < -0.4 is 10.6 Å². The minimum absolute atomic E-state index is 0.0669. The summed E-state index contributed by atoms with van der Waals surface area (Å²) in [5.41, 5.74) is 2.17. The van der Waals surface area contributed by atoms with Crippen LogP contribution in [0.5, 0.6) is 0 Å². The molecule has 0 aliphatic carbocycles. The van der Waals surface area contributed by atoms with Gasteiger partial charge in [0.25, 0.3) is 0 Å². The number of carbonyl (C=O) groups is 1. The Hall–Kier alpha value is -1.55. The number of rotatable bonds is 7. The van der Waals surface area contributed by atoms with E-state index in [0.717, 1.165) is 24.3 Å². The predicted molar refractivity (Wildman–Crippen MR) is 81.0 cm³/mol. The van der Waals surface area contributed by atoms with Gasteiger partial charge in [0.1, 0.15) is 0 Å². The molecule has 0 bridgehead atoms. The number of anilines is 1. The van der Waals surface area contributed by atoms with Gasteiger partial charge >= 0.3 is 0 Å². The van der Waals surface area contributed by atoms with Crippen LogP contribution in [-0.4, -0.2) is 32.2 Å². The fourth-order valence-corrected chi connectivity index (χ4v) is 2.35. The molecule has 0 fully saturated rings. The second kappa shape index (κ2) is 7.29. The van der Waals surface area contributed by atoms with Crippen molar-refractivity contribution >= 4 is 11.6 Å². The van der Waals surface area contributed by atoms with E-state index in [-0.39, 0.29) is 11.8 Å². The van der Waals surface area contributed by atoms with Crippen LogP contribution in [0.25, 0.3) is 0 Å². The number of hydrogen-bond donors (Lipinski definition) is 2. The van der Waals surface area contributed by atoms with E-state index in [1.807, 2.05) is 24.3 Å². The summed E-state index contributed by atoms with van der Waals surface area (Å²) in [6, 6.07) is 8.00. The molecule has 4 heteroatoms. The highest BCUT2D eigenvalue weighted by atomic mass is 16.5. The lowest BCUT2D eigenvalue weighted by molar-refractivity contribution is -0.122. The van der Waals surface area contributed by atoms with Crippen molar-refractivity contribution in [2.45, 2.75) is 26.2 Å². The molecule has 2 rings (SSSR count). The van der Waals surface area contributed by atoms with Crippen molar-refractivity contribution in [3.63, 3.8) is 0 Å². The minimum atomic E-state index is -0.0669. The average Bonchev–Trinajstić information content (AvgIpc) is 2.86. The lowest BCUT2D eigenvalue weighted by Crippen LogP contribution is -2.31. The molecule has 1 aromatic carbocycles.